The van der Waals surface area contributed by atoms with E-state index < -0.39 is 10.0 Å². The summed E-state index contributed by atoms with van der Waals surface area (Å²) < 4.78 is 1.70. The van der Waals surface area contributed by atoms with Crippen LogP contribution in [0.2, 0.25) is 0 Å². The third-order valence-electron chi connectivity index (χ3n) is 4.67. The van der Waals surface area contributed by atoms with E-state index in [1.54, 1.807) is 4.52 Å². The molecule has 1 aliphatic rings. The number of aldehydes is 1. The summed E-state index contributed by atoms with van der Waals surface area (Å²) in [6.45, 7) is 0. The number of aromatic nitrogens is 4. The fourth-order valence-electron chi connectivity index (χ4n) is 3.20. The lowest BCUT2D eigenvalue weighted by atomic mass is 9.96. The number of hydrogen-bond acceptors (Lipinski definition) is 4. The van der Waals surface area contributed by atoms with Crippen LogP contribution in [0.1, 0.15) is 17.9 Å². The molecule has 0 saturated heterocycles. The van der Waals surface area contributed by atoms with Crippen LogP contribution in [0.15, 0.2) is 66.9 Å². The van der Waals surface area contributed by atoms with Gasteiger partial charge in [0.25, 0.3) is 5.78 Å². The molecule has 2 heterocycles. The highest BCUT2D eigenvalue weighted by Gasteiger charge is 2.16. The maximum Gasteiger partial charge on any atom is 0.253 e. The van der Waals surface area contributed by atoms with Crippen molar-refractivity contribution in [2.45, 2.75) is 6.42 Å². The van der Waals surface area contributed by atoms with E-state index in [1.807, 2.05) is 54.8 Å². The molecule has 5 nitrogen and oxygen atoms in total. The summed E-state index contributed by atoms with van der Waals surface area (Å²) in [5.74, 6) is 3.90. The van der Waals surface area contributed by atoms with Crippen LogP contribution >= 0.6 is 10.0 Å². The van der Waals surface area contributed by atoms with Gasteiger partial charge in [0.2, 0.25) is 5.82 Å². The molecule has 1 atom stereocenters. The van der Waals surface area contributed by atoms with Gasteiger partial charge >= 0.3 is 0 Å². The van der Waals surface area contributed by atoms with Gasteiger partial charge in [-0.3, -0.25) is 0 Å². The van der Waals surface area contributed by atoms with E-state index in [0.29, 0.717) is 18.0 Å². The Bertz CT molecular complexity index is 1270. The molecule has 4 rings (SSSR count). The molecule has 1 aliphatic carbocycles. The summed E-state index contributed by atoms with van der Waals surface area (Å²) in [5, 5.41) is 7.80. The summed E-state index contributed by atoms with van der Waals surface area (Å²) >= 11 is 0. The van der Waals surface area contributed by atoms with Gasteiger partial charge in [-0.25, -0.2) is 9.50 Å². The van der Waals surface area contributed by atoms with Crippen LogP contribution in [0.3, 0.4) is 0 Å². The van der Waals surface area contributed by atoms with E-state index in [1.165, 1.54) is 0 Å². The number of carbonyl (C=O) groups is 1. The molecule has 0 aliphatic heterocycles. The molecule has 1 unspecified atom stereocenters. The van der Waals surface area contributed by atoms with Crippen LogP contribution in [0.25, 0.3) is 22.5 Å². The minimum absolute atomic E-state index is 0.190. The Labute approximate surface area is 183 Å². The number of rotatable bonds is 3. The number of allylic oxidation sites excluding steroid dienone is 6. The summed E-state index contributed by atoms with van der Waals surface area (Å²) in [6, 6.07) is 10.1. The highest BCUT2D eigenvalue weighted by molar-refractivity contribution is 8.35. The second-order valence-corrected chi connectivity index (χ2v) is 11.9. The molecule has 6 heteroatoms. The summed E-state index contributed by atoms with van der Waals surface area (Å²) in [6.07, 6.45) is 19.7. The van der Waals surface area contributed by atoms with Crippen LogP contribution in [-0.4, -0.2) is 44.6 Å². The smallest absolute Gasteiger partial charge is 0.253 e. The molecule has 0 fully saturated rings. The highest BCUT2D eigenvalue weighted by Crippen LogP contribution is 2.32. The maximum absolute atomic E-state index is 11.1. The van der Waals surface area contributed by atoms with Crippen LogP contribution in [0, 0.1) is 17.1 Å². The third-order valence-corrected chi connectivity index (χ3v) is 5.39. The topological polar surface area (TPSA) is 60.2 Å². The van der Waals surface area contributed by atoms with E-state index >= 15 is 0 Å². The predicted octanol–water partition coefficient (Wildman–Crippen LogP) is 4.51. The van der Waals surface area contributed by atoms with Gasteiger partial charge in [0.1, 0.15) is 6.29 Å². The number of nitrogens with zero attached hydrogens (tertiary/aromatic N) is 4. The van der Waals surface area contributed by atoms with Crippen molar-refractivity contribution in [1.29, 1.82) is 0 Å². The first kappa shape index (κ1) is 20.8. The van der Waals surface area contributed by atoms with Crippen molar-refractivity contribution in [1.82, 2.24) is 19.6 Å². The fourth-order valence-corrected chi connectivity index (χ4v) is 3.60. The second kappa shape index (κ2) is 8.75. The average molecular weight is 429 g/mol. The Morgan fingerprint density at radius 1 is 1.13 bits per heavy atom. The van der Waals surface area contributed by atoms with Crippen LogP contribution < -0.4 is 0 Å². The third kappa shape index (κ3) is 5.01. The zero-order chi connectivity index (χ0) is 21.8. The van der Waals surface area contributed by atoms with E-state index in [0.717, 1.165) is 28.7 Å². The van der Waals surface area contributed by atoms with Crippen molar-refractivity contribution in [2.24, 2.45) is 5.92 Å². The van der Waals surface area contributed by atoms with Crippen LogP contribution in [-0.2, 0) is 4.79 Å². The molecule has 3 aromatic rings. The molecule has 31 heavy (non-hydrogen) atoms. The maximum atomic E-state index is 11.1. The molecule has 0 amide bonds. The highest BCUT2D eigenvalue weighted by atomic mass is 32.3. The van der Waals surface area contributed by atoms with Gasteiger partial charge in [0, 0.05) is 11.8 Å². The first-order valence-electron chi connectivity index (χ1n) is 9.96. The quantitative estimate of drug-likeness (QED) is 0.350. The predicted molar refractivity (Wildman–Crippen MR) is 129 cm³/mol. The lowest BCUT2D eigenvalue weighted by Gasteiger charge is -2.14. The molecular weight excluding hydrogens is 404 g/mol. The Morgan fingerprint density at radius 2 is 1.94 bits per heavy atom. The van der Waals surface area contributed by atoms with E-state index in [2.05, 4.69) is 52.2 Å². The number of fused-ring (bicyclic) bond motifs is 1. The minimum Gasteiger partial charge on any atom is -0.302 e. The van der Waals surface area contributed by atoms with Gasteiger partial charge in [-0.1, -0.05) is 60.7 Å². The molecule has 0 N–H and O–H groups in total. The lowest BCUT2D eigenvalue weighted by molar-refractivity contribution is -0.108. The molecule has 156 valence electrons. The largest absolute Gasteiger partial charge is 0.302 e. The number of carbonyl (C=O) groups excluding carboxylic acids is 1. The zero-order valence-corrected chi connectivity index (χ0v) is 18.6. The summed E-state index contributed by atoms with van der Waals surface area (Å²) in [4.78, 5) is 20.5. The van der Waals surface area contributed by atoms with E-state index in [9.17, 15) is 4.79 Å². The minimum atomic E-state index is -0.970. The van der Waals surface area contributed by atoms with Gasteiger partial charge in [-0.15, -0.1) is 5.10 Å². The monoisotopic (exact) mass is 428 g/mol. The molecule has 0 bridgehead atoms. The Hall–Kier alpha value is -3.43. The van der Waals surface area contributed by atoms with Crippen molar-refractivity contribution in [3.05, 3.63) is 78.4 Å². The van der Waals surface area contributed by atoms with Crippen molar-refractivity contribution >= 4 is 27.7 Å². The Balaban J connectivity index is 1.87. The normalized spacial score (nSPS) is 19.5. The number of benzene rings is 1. The molecule has 0 radical (unpaired) electrons. The lowest BCUT2D eigenvalue weighted by Crippen LogP contribution is -2.01. The van der Waals surface area contributed by atoms with Crippen LogP contribution in [0.5, 0.6) is 0 Å². The van der Waals surface area contributed by atoms with Gasteiger partial charge in [-0.05, 0) is 47.5 Å². The first-order chi connectivity index (χ1) is 14.9. The van der Waals surface area contributed by atoms with E-state index in [4.69, 9.17) is 4.98 Å². The standard InChI is InChI=1S/C25H24N4OS/c1-31(2,3)16-15-23-26-25-27-24(21-13-7-9-19(18-30)10-8-14-21)22(17-29(25)28-23)20-11-5-4-6-12-20/h4-13,17-19H,14H2,1-3H3/b9-7?,10-8-,21-13+. The van der Waals surface area contributed by atoms with Crippen LogP contribution in [0.4, 0.5) is 0 Å². The second-order valence-electron chi connectivity index (χ2n) is 8.04. The Kier molecular flexibility index (Phi) is 5.88. The molecule has 2 aromatic heterocycles. The summed E-state index contributed by atoms with van der Waals surface area (Å²) in [7, 11) is -0.970. The van der Waals surface area contributed by atoms with Crippen molar-refractivity contribution in [3.63, 3.8) is 0 Å². The molecular formula is C25H24N4OS. The van der Waals surface area contributed by atoms with Crippen molar-refractivity contribution in [2.75, 3.05) is 18.8 Å². The Morgan fingerprint density at radius 3 is 2.68 bits per heavy atom. The zero-order valence-electron chi connectivity index (χ0n) is 17.8. The van der Waals surface area contributed by atoms with Gasteiger partial charge in [0.15, 0.2) is 0 Å². The first-order valence-corrected chi connectivity index (χ1v) is 12.8. The average Bonchev–Trinajstić information content (AvgIpc) is 3.14. The van der Waals surface area contributed by atoms with Gasteiger partial charge in [0.05, 0.1) is 11.6 Å². The SMILES string of the molecule is CS(C)(C)C#Cc1nc2nc(/C3=C/C=CC(C=O)/C=C\C3)c(-c3ccccc3)cn2n1. The number of hydrogen-bond donors (Lipinski definition) is 0. The fraction of sp³-hybridized carbons (Fsp3) is 0.200. The molecule has 0 saturated carbocycles. The van der Waals surface area contributed by atoms with E-state index in [-0.39, 0.29) is 5.92 Å². The summed E-state index contributed by atoms with van der Waals surface area (Å²) in [5.41, 5.74) is 3.93. The van der Waals surface area contributed by atoms with Gasteiger partial charge < -0.3 is 4.79 Å². The molecule has 0 spiro atoms. The van der Waals surface area contributed by atoms with Gasteiger partial charge in [-0.2, -0.15) is 15.0 Å². The molecule has 1 aromatic carbocycles. The van der Waals surface area contributed by atoms with Crippen molar-refractivity contribution in [3.8, 4) is 22.3 Å². The van der Waals surface area contributed by atoms with Crippen molar-refractivity contribution < 1.29 is 4.79 Å².